The van der Waals surface area contributed by atoms with Gasteiger partial charge in [-0.25, -0.2) is 0 Å². The molecule has 4 nitrogen and oxygen atoms in total. The van der Waals surface area contributed by atoms with Crippen LogP contribution in [-0.4, -0.2) is 13.7 Å². The van der Waals surface area contributed by atoms with Crippen molar-refractivity contribution in [2.75, 3.05) is 13.7 Å². The first-order chi connectivity index (χ1) is 9.15. The molecule has 0 aliphatic rings. The van der Waals surface area contributed by atoms with Crippen molar-refractivity contribution in [3.63, 3.8) is 0 Å². The lowest BCUT2D eigenvalue weighted by Crippen LogP contribution is -1.97. The zero-order chi connectivity index (χ0) is 14.3. The van der Waals surface area contributed by atoms with E-state index in [0.29, 0.717) is 21.5 Å². The number of halogens is 1. The Morgan fingerprint density at radius 3 is 2.58 bits per heavy atom. The van der Waals surface area contributed by atoms with Gasteiger partial charge in [0, 0.05) is 4.47 Å². The number of ether oxygens (including phenoxy) is 2. The molecule has 0 bridgehead atoms. The Hall–Kier alpha value is -2.42. The minimum Gasteiger partial charge on any atom is -0.493 e. The van der Waals surface area contributed by atoms with Gasteiger partial charge in [0.15, 0.2) is 11.5 Å². The Bertz CT molecular complexity index is 615. The summed E-state index contributed by atoms with van der Waals surface area (Å²) in [5.74, 6) is 3.32. The van der Waals surface area contributed by atoms with Gasteiger partial charge in [0.1, 0.15) is 24.3 Å². The molecule has 0 aliphatic carbocycles. The van der Waals surface area contributed by atoms with Crippen molar-refractivity contribution in [1.82, 2.24) is 0 Å². The van der Waals surface area contributed by atoms with Crippen LogP contribution < -0.4 is 9.47 Å². The number of terminal acetylenes is 1. The molecular weight excluding hydrogens is 308 g/mol. The second-order valence-electron chi connectivity index (χ2n) is 3.30. The van der Waals surface area contributed by atoms with E-state index in [1.54, 1.807) is 24.3 Å². The van der Waals surface area contributed by atoms with Crippen LogP contribution in [0.2, 0.25) is 0 Å². The second kappa shape index (κ2) is 7.11. The topological polar surface area (TPSA) is 66.0 Å². The Morgan fingerprint density at radius 1 is 1.37 bits per heavy atom. The van der Waals surface area contributed by atoms with Gasteiger partial charge in [0.05, 0.1) is 7.11 Å². The summed E-state index contributed by atoms with van der Waals surface area (Å²) in [6.45, 7) is 0.125. The van der Waals surface area contributed by atoms with Gasteiger partial charge >= 0.3 is 0 Å². The summed E-state index contributed by atoms with van der Waals surface area (Å²) < 4.78 is 11.2. The van der Waals surface area contributed by atoms with E-state index < -0.39 is 0 Å². The van der Waals surface area contributed by atoms with E-state index in [0.717, 1.165) is 0 Å². The van der Waals surface area contributed by atoms with E-state index in [-0.39, 0.29) is 12.2 Å². The van der Waals surface area contributed by atoms with Gasteiger partial charge < -0.3 is 9.47 Å². The van der Waals surface area contributed by atoms with Crippen molar-refractivity contribution in [3.8, 4) is 36.0 Å². The average molecular weight is 317 g/mol. The standard InChI is InChI=1S/C14H9BrN2O2/c1-3-4-19-14-7-12(15)11(6-13(14)18-2)5-10(8-16)9-17/h1,5-7H,4H2,2H3. The lowest BCUT2D eigenvalue weighted by atomic mass is 10.1. The molecule has 0 amide bonds. The van der Waals surface area contributed by atoms with Crippen molar-refractivity contribution in [2.24, 2.45) is 0 Å². The van der Waals surface area contributed by atoms with Gasteiger partial charge in [0.25, 0.3) is 0 Å². The van der Waals surface area contributed by atoms with Gasteiger partial charge in [-0.2, -0.15) is 10.5 Å². The third-order valence-electron chi connectivity index (χ3n) is 2.13. The van der Waals surface area contributed by atoms with Gasteiger partial charge in [0.2, 0.25) is 0 Å². The third-order valence-corrected chi connectivity index (χ3v) is 2.82. The fourth-order valence-electron chi connectivity index (χ4n) is 1.30. The Balaban J connectivity index is 3.25. The van der Waals surface area contributed by atoms with Gasteiger partial charge in [-0.15, -0.1) is 6.42 Å². The summed E-state index contributed by atoms with van der Waals surface area (Å²) in [4.78, 5) is 0. The smallest absolute Gasteiger partial charge is 0.163 e. The molecule has 0 unspecified atom stereocenters. The van der Waals surface area contributed by atoms with Gasteiger partial charge in [-0.05, 0) is 23.8 Å². The van der Waals surface area contributed by atoms with E-state index in [1.807, 2.05) is 0 Å². The Morgan fingerprint density at radius 2 is 2.05 bits per heavy atom. The molecule has 0 heterocycles. The number of benzene rings is 1. The summed E-state index contributed by atoms with van der Waals surface area (Å²) in [7, 11) is 1.50. The summed E-state index contributed by atoms with van der Waals surface area (Å²) in [5.41, 5.74) is 0.642. The fraction of sp³-hybridized carbons (Fsp3) is 0.143. The molecule has 19 heavy (non-hydrogen) atoms. The van der Waals surface area contributed by atoms with Crippen LogP contribution in [0.5, 0.6) is 11.5 Å². The van der Waals surface area contributed by atoms with Crippen molar-refractivity contribution < 1.29 is 9.47 Å². The van der Waals surface area contributed by atoms with Crippen molar-refractivity contribution >= 4 is 22.0 Å². The number of nitriles is 2. The molecule has 0 fully saturated rings. The molecule has 0 saturated heterocycles. The highest BCUT2D eigenvalue weighted by atomic mass is 79.9. The Kier molecular flexibility index (Phi) is 5.48. The zero-order valence-corrected chi connectivity index (χ0v) is 11.7. The number of methoxy groups -OCH3 is 1. The first-order valence-electron chi connectivity index (χ1n) is 5.12. The average Bonchev–Trinajstić information content (AvgIpc) is 2.43. The molecule has 0 radical (unpaired) electrons. The molecule has 0 atom stereocenters. The molecule has 0 spiro atoms. The monoisotopic (exact) mass is 316 g/mol. The number of hydrogen-bond acceptors (Lipinski definition) is 4. The normalized spacial score (nSPS) is 8.58. The van der Waals surface area contributed by atoms with Crippen LogP contribution in [0.4, 0.5) is 0 Å². The number of nitrogens with zero attached hydrogens (tertiary/aromatic N) is 2. The van der Waals surface area contributed by atoms with Crippen molar-refractivity contribution in [2.45, 2.75) is 0 Å². The van der Waals surface area contributed by atoms with Crippen LogP contribution in [0.15, 0.2) is 22.2 Å². The van der Waals surface area contributed by atoms with Gasteiger partial charge in [-0.3, -0.25) is 0 Å². The molecule has 94 valence electrons. The van der Waals surface area contributed by atoms with Crippen LogP contribution in [0.3, 0.4) is 0 Å². The zero-order valence-electron chi connectivity index (χ0n) is 10.1. The summed E-state index contributed by atoms with van der Waals surface area (Å²) in [6, 6.07) is 6.92. The van der Waals surface area contributed by atoms with E-state index in [2.05, 4.69) is 21.9 Å². The Labute approximate surface area is 120 Å². The predicted molar refractivity (Wildman–Crippen MR) is 74.2 cm³/mol. The maximum atomic E-state index is 8.74. The minimum absolute atomic E-state index is 0.0000429. The van der Waals surface area contributed by atoms with Crippen LogP contribution in [0, 0.1) is 35.0 Å². The van der Waals surface area contributed by atoms with Crippen LogP contribution >= 0.6 is 15.9 Å². The molecule has 0 aliphatic heterocycles. The highest BCUT2D eigenvalue weighted by Crippen LogP contribution is 2.34. The number of hydrogen-bond donors (Lipinski definition) is 0. The SMILES string of the molecule is C#CCOc1cc(Br)c(C=C(C#N)C#N)cc1OC. The van der Waals surface area contributed by atoms with Crippen LogP contribution in [0.25, 0.3) is 6.08 Å². The molecule has 0 saturated carbocycles. The minimum atomic E-state index is 0.0000429. The number of allylic oxidation sites excluding steroid dienone is 1. The van der Waals surface area contributed by atoms with Gasteiger partial charge in [-0.1, -0.05) is 21.9 Å². The lowest BCUT2D eigenvalue weighted by Gasteiger charge is -2.11. The van der Waals surface area contributed by atoms with Crippen molar-refractivity contribution in [1.29, 1.82) is 10.5 Å². The maximum absolute atomic E-state index is 8.74. The largest absolute Gasteiger partial charge is 0.493 e. The first-order valence-corrected chi connectivity index (χ1v) is 5.91. The molecule has 1 aromatic rings. The molecule has 0 aromatic heterocycles. The quantitative estimate of drug-likeness (QED) is 0.632. The number of rotatable bonds is 4. The fourth-order valence-corrected chi connectivity index (χ4v) is 1.74. The predicted octanol–water partition coefficient (Wildman–Crippen LogP) is 2.90. The van der Waals surface area contributed by atoms with Crippen LogP contribution in [0.1, 0.15) is 5.56 Å². The molecule has 1 rings (SSSR count). The summed E-state index contributed by atoms with van der Waals surface area (Å²) >= 11 is 3.34. The highest BCUT2D eigenvalue weighted by molar-refractivity contribution is 9.10. The van der Waals surface area contributed by atoms with E-state index in [1.165, 1.54) is 13.2 Å². The molecule has 1 aromatic carbocycles. The maximum Gasteiger partial charge on any atom is 0.163 e. The van der Waals surface area contributed by atoms with Crippen LogP contribution in [-0.2, 0) is 0 Å². The molecular formula is C14H9BrN2O2. The molecule has 0 N–H and O–H groups in total. The van der Waals surface area contributed by atoms with E-state index >= 15 is 0 Å². The second-order valence-corrected chi connectivity index (χ2v) is 4.15. The molecule has 5 heteroatoms. The first kappa shape index (κ1) is 14.6. The lowest BCUT2D eigenvalue weighted by molar-refractivity contribution is 0.330. The van der Waals surface area contributed by atoms with E-state index in [9.17, 15) is 0 Å². The van der Waals surface area contributed by atoms with E-state index in [4.69, 9.17) is 26.4 Å². The summed E-state index contributed by atoms with van der Waals surface area (Å²) in [5, 5.41) is 17.5. The summed E-state index contributed by atoms with van der Waals surface area (Å²) in [6.07, 6.45) is 6.58. The highest BCUT2D eigenvalue weighted by Gasteiger charge is 2.09. The van der Waals surface area contributed by atoms with Crippen molar-refractivity contribution in [3.05, 3.63) is 27.7 Å². The third kappa shape index (κ3) is 3.78.